The second kappa shape index (κ2) is 4.47. The number of benzene rings is 1. The van der Waals surface area contributed by atoms with Gasteiger partial charge in [-0.25, -0.2) is 0 Å². The molecular formula is C11H11ClN2O. The van der Waals surface area contributed by atoms with Crippen molar-refractivity contribution in [3.05, 3.63) is 41.1 Å². The Balaban J connectivity index is 2.33. The number of hydrogen-bond acceptors (Lipinski definition) is 3. The van der Waals surface area contributed by atoms with Crippen molar-refractivity contribution >= 4 is 11.6 Å². The number of nitrogens with zero attached hydrogens (tertiary/aromatic N) is 1. The van der Waals surface area contributed by atoms with E-state index in [-0.39, 0.29) is 0 Å². The summed E-state index contributed by atoms with van der Waals surface area (Å²) in [4.78, 5) is 0. The van der Waals surface area contributed by atoms with E-state index in [1.165, 1.54) is 0 Å². The van der Waals surface area contributed by atoms with Gasteiger partial charge in [0, 0.05) is 18.1 Å². The van der Waals surface area contributed by atoms with Gasteiger partial charge in [-0.1, -0.05) is 35.0 Å². The molecule has 0 bridgehead atoms. The van der Waals surface area contributed by atoms with E-state index in [1.54, 1.807) is 0 Å². The van der Waals surface area contributed by atoms with Gasteiger partial charge < -0.3 is 10.3 Å². The van der Waals surface area contributed by atoms with Crippen LogP contribution in [0.2, 0.25) is 5.02 Å². The summed E-state index contributed by atoms with van der Waals surface area (Å²) >= 11 is 6.04. The maximum absolute atomic E-state index is 6.04. The summed E-state index contributed by atoms with van der Waals surface area (Å²) in [6, 6.07) is 9.40. The lowest BCUT2D eigenvalue weighted by Crippen LogP contribution is -2.01. The van der Waals surface area contributed by atoms with Crippen LogP contribution in [0, 0.1) is 0 Å². The topological polar surface area (TPSA) is 52.0 Å². The van der Waals surface area contributed by atoms with E-state index in [0.29, 0.717) is 18.0 Å². The smallest absolute Gasteiger partial charge is 0.138 e. The molecule has 0 amide bonds. The first kappa shape index (κ1) is 10.2. The molecule has 2 aromatic rings. The molecule has 0 unspecified atom stereocenters. The zero-order valence-electron chi connectivity index (χ0n) is 8.11. The Morgan fingerprint density at radius 2 is 2.13 bits per heavy atom. The second-order valence-corrected chi connectivity index (χ2v) is 3.60. The highest BCUT2D eigenvalue weighted by atomic mass is 35.5. The highest BCUT2D eigenvalue weighted by molar-refractivity contribution is 6.33. The van der Waals surface area contributed by atoms with Gasteiger partial charge in [0.2, 0.25) is 0 Å². The summed E-state index contributed by atoms with van der Waals surface area (Å²) < 4.78 is 5.13. The van der Waals surface area contributed by atoms with E-state index in [2.05, 4.69) is 5.16 Å². The number of rotatable bonds is 3. The molecule has 78 valence electrons. The van der Waals surface area contributed by atoms with Crippen molar-refractivity contribution in [2.75, 3.05) is 6.54 Å². The van der Waals surface area contributed by atoms with Gasteiger partial charge in [0.25, 0.3) is 0 Å². The van der Waals surface area contributed by atoms with Crippen LogP contribution in [-0.2, 0) is 6.42 Å². The molecule has 0 saturated carbocycles. The van der Waals surface area contributed by atoms with Gasteiger partial charge in [0.1, 0.15) is 11.5 Å². The first-order valence-corrected chi connectivity index (χ1v) is 5.09. The van der Waals surface area contributed by atoms with Crippen LogP contribution in [0.4, 0.5) is 0 Å². The van der Waals surface area contributed by atoms with Crippen LogP contribution in [0.5, 0.6) is 0 Å². The van der Waals surface area contributed by atoms with E-state index in [1.807, 2.05) is 30.3 Å². The SMILES string of the molecule is NCCc1cc(-c2ccccc2Cl)no1. The molecule has 4 heteroatoms. The lowest BCUT2D eigenvalue weighted by atomic mass is 10.1. The quantitative estimate of drug-likeness (QED) is 0.868. The van der Waals surface area contributed by atoms with E-state index < -0.39 is 0 Å². The van der Waals surface area contributed by atoms with Crippen molar-refractivity contribution in [2.45, 2.75) is 6.42 Å². The maximum Gasteiger partial charge on any atom is 0.138 e. The summed E-state index contributed by atoms with van der Waals surface area (Å²) in [6.07, 6.45) is 0.692. The molecule has 2 N–H and O–H groups in total. The largest absolute Gasteiger partial charge is 0.361 e. The summed E-state index contributed by atoms with van der Waals surface area (Å²) in [5.74, 6) is 0.785. The predicted molar refractivity (Wildman–Crippen MR) is 59.7 cm³/mol. The molecule has 0 atom stereocenters. The van der Waals surface area contributed by atoms with E-state index >= 15 is 0 Å². The monoisotopic (exact) mass is 222 g/mol. The zero-order valence-corrected chi connectivity index (χ0v) is 8.87. The number of aromatic nitrogens is 1. The van der Waals surface area contributed by atoms with E-state index in [9.17, 15) is 0 Å². The summed E-state index contributed by atoms with van der Waals surface area (Å²) in [6.45, 7) is 0.553. The number of nitrogens with two attached hydrogens (primary N) is 1. The van der Waals surface area contributed by atoms with Gasteiger partial charge in [0.15, 0.2) is 0 Å². The second-order valence-electron chi connectivity index (χ2n) is 3.20. The highest BCUT2D eigenvalue weighted by Crippen LogP contribution is 2.26. The van der Waals surface area contributed by atoms with Crippen molar-refractivity contribution in [3.8, 4) is 11.3 Å². The summed E-state index contributed by atoms with van der Waals surface area (Å²) in [5.41, 5.74) is 7.06. The molecule has 1 aromatic carbocycles. The van der Waals surface area contributed by atoms with Gasteiger partial charge in [-0.2, -0.15) is 0 Å². The Hall–Kier alpha value is -1.32. The average Bonchev–Trinajstić information content (AvgIpc) is 2.68. The Morgan fingerprint density at radius 1 is 1.33 bits per heavy atom. The third-order valence-corrected chi connectivity index (χ3v) is 2.43. The summed E-state index contributed by atoms with van der Waals surface area (Å²) in [5, 5.41) is 4.62. The maximum atomic E-state index is 6.04. The minimum Gasteiger partial charge on any atom is -0.361 e. The molecule has 0 aliphatic heterocycles. The Kier molecular flexibility index (Phi) is 3.04. The molecule has 0 radical (unpaired) electrons. The molecule has 0 saturated heterocycles. The molecule has 1 heterocycles. The lowest BCUT2D eigenvalue weighted by molar-refractivity contribution is 0.386. The van der Waals surface area contributed by atoms with E-state index in [0.717, 1.165) is 17.0 Å². The first-order chi connectivity index (χ1) is 7.31. The van der Waals surface area contributed by atoms with Crippen molar-refractivity contribution in [2.24, 2.45) is 5.73 Å². The Labute approximate surface area is 92.8 Å². The molecule has 15 heavy (non-hydrogen) atoms. The summed E-state index contributed by atoms with van der Waals surface area (Å²) in [7, 11) is 0. The van der Waals surface area contributed by atoms with Gasteiger partial charge in [0.05, 0.1) is 5.02 Å². The molecule has 0 aliphatic carbocycles. The fourth-order valence-corrected chi connectivity index (χ4v) is 1.60. The number of hydrogen-bond donors (Lipinski definition) is 1. The molecule has 1 aromatic heterocycles. The Bertz CT molecular complexity index is 453. The molecule has 2 rings (SSSR count). The minimum absolute atomic E-state index is 0.553. The minimum atomic E-state index is 0.553. The van der Waals surface area contributed by atoms with Crippen molar-refractivity contribution in [1.29, 1.82) is 0 Å². The van der Waals surface area contributed by atoms with Crippen LogP contribution in [0.3, 0.4) is 0 Å². The van der Waals surface area contributed by atoms with Gasteiger partial charge in [-0.05, 0) is 12.6 Å². The van der Waals surface area contributed by atoms with Crippen molar-refractivity contribution < 1.29 is 4.52 Å². The Morgan fingerprint density at radius 3 is 2.87 bits per heavy atom. The molecular weight excluding hydrogens is 212 g/mol. The molecule has 3 nitrogen and oxygen atoms in total. The lowest BCUT2D eigenvalue weighted by Gasteiger charge is -1.96. The highest BCUT2D eigenvalue weighted by Gasteiger charge is 2.08. The fraction of sp³-hybridized carbons (Fsp3) is 0.182. The van der Waals surface area contributed by atoms with Gasteiger partial charge in [-0.3, -0.25) is 0 Å². The molecule has 0 fully saturated rings. The van der Waals surface area contributed by atoms with Crippen LogP contribution >= 0.6 is 11.6 Å². The number of halogens is 1. The third kappa shape index (κ3) is 2.19. The van der Waals surface area contributed by atoms with E-state index in [4.69, 9.17) is 21.9 Å². The van der Waals surface area contributed by atoms with Crippen LogP contribution in [-0.4, -0.2) is 11.7 Å². The van der Waals surface area contributed by atoms with Crippen LogP contribution in [0.15, 0.2) is 34.9 Å². The van der Waals surface area contributed by atoms with Gasteiger partial charge >= 0.3 is 0 Å². The third-order valence-electron chi connectivity index (χ3n) is 2.10. The predicted octanol–water partition coefficient (Wildman–Crippen LogP) is 2.50. The standard InChI is InChI=1S/C11H11ClN2O/c12-10-4-2-1-3-9(10)11-7-8(5-6-13)15-14-11/h1-4,7H,5-6,13H2. The van der Waals surface area contributed by atoms with Crippen LogP contribution < -0.4 is 5.73 Å². The average molecular weight is 223 g/mol. The van der Waals surface area contributed by atoms with Crippen molar-refractivity contribution in [3.63, 3.8) is 0 Å². The zero-order chi connectivity index (χ0) is 10.7. The van der Waals surface area contributed by atoms with Crippen molar-refractivity contribution in [1.82, 2.24) is 5.16 Å². The normalized spacial score (nSPS) is 10.5. The fourth-order valence-electron chi connectivity index (χ4n) is 1.37. The molecule has 0 spiro atoms. The molecule has 0 aliphatic rings. The first-order valence-electron chi connectivity index (χ1n) is 4.72. The van der Waals surface area contributed by atoms with Crippen LogP contribution in [0.25, 0.3) is 11.3 Å². The van der Waals surface area contributed by atoms with Gasteiger partial charge in [-0.15, -0.1) is 0 Å². The van der Waals surface area contributed by atoms with Crippen LogP contribution in [0.1, 0.15) is 5.76 Å².